The van der Waals surface area contributed by atoms with E-state index in [4.69, 9.17) is 0 Å². The van der Waals surface area contributed by atoms with Crippen molar-refractivity contribution in [3.8, 4) is 44.5 Å². The molecule has 48 heavy (non-hydrogen) atoms. The molecule has 0 saturated heterocycles. The maximum atomic E-state index is 2.49. The molecule has 1 unspecified atom stereocenters. The lowest BCUT2D eigenvalue weighted by Crippen LogP contribution is -2.23. The predicted octanol–water partition coefficient (Wildman–Crippen LogP) is 12.3. The molecule has 8 aromatic rings. The summed E-state index contributed by atoms with van der Waals surface area (Å²) in [5.74, 6) is 0. The van der Waals surface area contributed by atoms with Crippen LogP contribution in [0.15, 0.2) is 176 Å². The molecule has 1 heteroatoms. The molecule has 1 nitrogen and oxygen atoms in total. The van der Waals surface area contributed by atoms with Gasteiger partial charge in [0.15, 0.2) is 0 Å². The molecule has 11 rings (SSSR count). The Morgan fingerprint density at radius 2 is 0.854 bits per heavy atom. The van der Waals surface area contributed by atoms with E-state index < -0.39 is 0 Å². The zero-order valence-corrected chi connectivity index (χ0v) is 26.2. The van der Waals surface area contributed by atoms with Gasteiger partial charge in [-0.05, 0) is 120 Å². The second kappa shape index (κ2) is 9.44. The van der Waals surface area contributed by atoms with Crippen molar-refractivity contribution >= 4 is 27.8 Å². The Morgan fingerprint density at radius 3 is 1.60 bits per heavy atom. The molecule has 222 valence electrons. The third-order valence-corrected chi connectivity index (χ3v) is 11.0. The van der Waals surface area contributed by atoms with E-state index in [1.54, 1.807) is 0 Å². The SMILES string of the molecule is c1ccc(N(c2ccc(-c3ccc4c(c3)C35c6ccccc6-c6cccc(c63)-c3cccc-4c35)cc2)c2ccc3ccccc3c2)cc1. The minimum absolute atomic E-state index is 0.264. The van der Waals surface area contributed by atoms with Crippen LogP contribution in [-0.4, -0.2) is 0 Å². The van der Waals surface area contributed by atoms with Gasteiger partial charge in [0.1, 0.15) is 0 Å². The number of anilines is 3. The lowest BCUT2D eigenvalue weighted by atomic mass is 9.73. The van der Waals surface area contributed by atoms with E-state index in [9.17, 15) is 0 Å². The smallest absolute Gasteiger partial charge is 0.0737 e. The van der Waals surface area contributed by atoms with Crippen LogP contribution in [0.4, 0.5) is 17.1 Å². The van der Waals surface area contributed by atoms with Gasteiger partial charge in [-0.25, -0.2) is 0 Å². The summed E-state index contributed by atoms with van der Waals surface area (Å²) >= 11 is 0. The second-order valence-electron chi connectivity index (χ2n) is 13.3. The van der Waals surface area contributed by atoms with Gasteiger partial charge in [-0.3, -0.25) is 0 Å². The Hall–Kier alpha value is -6.18. The molecule has 0 saturated carbocycles. The van der Waals surface area contributed by atoms with Crippen LogP contribution in [0.3, 0.4) is 0 Å². The lowest BCUT2D eigenvalue weighted by Gasteiger charge is -2.28. The molecule has 0 aliphatic heterocycles. The summed E-state index contributed by atoms with van der Waals surface area (Å²) in [5, 5.41) is 2.48. The van der Waals surface area contributed by atoms with E-state index >= 15 is 0 Å². The fourth-order valence-electron chi connectivity index (χ4n) is 9.08. The van der Waals surface area contributed by atoms with E-state index in [0.717, 1.165) is 17.1 Å². The number of nitrogens with zero attached hydrogens (tertiary/aromatic N) is 1. The first-order valence-electron chi connectivity index (χ1n) is 16.8. The Kier molecular flexibility index (Phi) is 5.10. The molecule has 0 bridgehead atoms. The molecule has 0 amide bonds. The molecular formula is C47H29N. The molecule has 0 fully saturated rings. The molecule has 3 aliphatic carbocycles. The van der Waals surface area contributed by atoms with Crippen molar-refractivity contribution in [3.63, 3.8) is 0 Å². The highest BCUT2D eigenvalue weighted by atomic mass is 15.1. The number of para-hydroxylation sites is 1. The summed E-state index contributed by atoms with van der Waals surface area (Å²) in [4.78, 5) is 2.35. The van der Waals surface area contributed by atoms with Gasteiger partial charge in [0.2, 0.25) is 0 Å². The van der Waals surface area contributed by atoms with Gasteiger partial charge in [0.25, 0.3) is 0 Å². The maximum absolute atomic E-state index is 2.49. The maximum Gasteiger partial charge on any atom is 0.0737 e. The van der Waals surface area contributed by atoms with Crippen LogP contribution < -0.4 is 4.90 Å². The summed E-state index contributed by atoms with van der Waals surface area (Å²) in [5.41, 5.74) is 19.6. The van der Waals surface area contributed by atoms with E-state index in [2.05, 4.69) is 181 Å². The van der Waals surface area contributed by atoms with Gasteiger partial charge in [-0.2, -0.15) is 0 Å². The molecule has 0 N–H and O–H groups in total. The lowest BCUT2D eigenvalue weighted by molar-refractivity contribution is 0.818. The van der Waals surface area contributed by atoms with Crippen LogP contribution in [0, 0.1) is 0 Å². The molecule has 8 aromatic carbocycles. The monoisotopic (exact) mass is 607 g/mol. The largest absolute Gasteiger partial charge is 0.310 e. The molecule has 1 atom stereocenters. The quantitative estimate of drug-likeness (QED) is 0.192. The van der Waals surface area contributed by atoms with E-state index in [1.165, 1.54) is 77.5 Å². The highest BCUT2D eigenvalue weighted by Gasteiger charge is 2.57. The van der Waals surface area contributed by atoms with Gasteiger partial charge in [-0.15, -0.1) is 0 Å². The van der Waals surface area contributed by atoms with Gasteiger partial charge < -0.3 is 4.90 Å². The Labute approximate surface area is 280 Å². The van der Waals surface area contributed by atoms with Crippen LogP contribution in [-0.2, 0) is 5.41 Å². The minimum Gasteiger partial charge on any atom is -0.310 e. The summed E-state index contributed by atoms with van der Waals surface area (Å²) < 4.78 is 0. The van der Waals surface area contributed by atoms with Gasteiger partial charge in [0.05, 0.1) is 5.41 Å². The average Bonchev–Trinajstić information content (AvgIpc) is 3.75. The molecule has 0 aromatic heterocycles. The third kappa shape index (κ3) is 3.25. The molecule has 3 aliphatic rings. The number of hydrogen-bond donors (Lipinski definition) is 0. The van der Waals surface area contributed by atoms with Crippen molar-refractivity contribution in [2.24, 2.45) is 0 Å². The first-order valence-corrected chi connectivity index (χ1v) is 16.8. The van der Waals surface area contributed by atoms with Crippen molar-refractivity contribution in [1.82, 2.24) is 0 Å². The first kappa shape index (κ1) is 25.9. The number of fused-ring (bicyclic) bond motifs is 6. The van der Waals surface area contributed by atoms with E-state index in [-0.39, 0.29) is 5.41 Å². The van der Waals surface area contributed by atoms with Crippen LogP contribution in [0.5, 0.6) is 0 Å². The fraction of sp³-hybridized carbons (Fsp3) is 0.0213. The highest BCUT2D eigenvalue weighted by Crippen LogP contribution is 2.69. The fourth-order valence-corrected chi connectivity index (χ4v) is 9.08. The van der Waals surface area contributed by atoms with Crippen molar-refractivity contribution in [2.75, 3.05) is 4.90 Å². The van der Waals surface area contributed by atoms with Crippen LogP contribution >= 0.6 is 0 Å². The normalized spacial score (nSPS) is 15.6. The topological polar surface area (TPSA) is 3.24 Å². The zero-order chi connectivity index (χ0) is 31.4. The van der Waals surface area contributed by atoms with Crippen molar-refractivity contribution < 1.29 is 0 Å². The molecule has 1 spiro atoms. The third-order valence-electron chi connectivity index (χ3n) is 11.0. The standard InChI is InChI=1S/C47H29N/c1-2-12-34(13-3-1)48(36-26-22-30-10-4-5-11-32(30)28-36)35-24-20-31(21-25-35)33-23-27-38-40-16-9-18-42-41-17-8-15-39-37-14-6-7-19-43(37)47(45(39)41,46(40)42)44(38)29-33/h1-29H. The minimum atomic E-state index is -0.264. The summed E-state index contributed by atoms with van der Waals surface area (Å²) in [6.07, 6.45) is 0. The highest BCUT2D eigenvalue weighted by molar-refractivity contribution is 6.06. The second-order valence-corrected chi connectivity index (χ2v) is 13.3. The van der Waals surface area contributed by atoms with Crippen molar-refractivity contribution in [1.29, 1.82) is 0 Å². The molecular weight excluding hydrogens is 579 g/mol. The van der Waals surface area contributed by atoms with Gasteiger partial charge >= 0.3 is 0 Å². The average molecular weight is 608 g/mol. The zero-order valence-electron chi connectivity index (χ0n) is 26.2. The Balaban J connectivity index is 1.06. The van der Waals surface area contributed by atoms with Gasteiger partial charge in [0, 0.05) is 17.1 Å². The first-order chi connectivity index (χ1) is 23.8. The van der Waals surface area contributed by atoms with Crippen molar-refractivity contribution in [2.45, 2.75) is 5.41 Å². The number of benzene rings is 8. The van der Waals surface area contributed by atoms with Crippen LogP contribution in [0.25, 0.3) is 55.3 Å². The Bertz CT molecular complexity index is 2580. The predicted molar refractivity (Wildman–Crippen MR) is 199 cm³/mol. The summed E-state index contributed by atoms with van der Waals surface area (Å²) in [6, 6.07) is 65.1. The van der Waals surface area contributed by atoms with E-state index in [1.807, 2.05) is 0 Å². The number of rotatable bonds is 4. The van der Waals surface area contributed by atoms with Crippen LogP contribution in [0.1, 0.15) is 22.3 Å². The van der Waals surface area contributed by atoms with E-state index in [0.29, 0.717) is 0 Å². The van der Waals surface area contributed by atoms with Crippen molar-refractivity contribution in [3.05, 3.63) is 198 Å². The molecule has 0 radical (unpaired) electrons. The number of hydrogen-bond acceptors (Lipinski definition) is 1. The summed E-state index contributed by atoms with van der Waals surface area (Å²) in [7, 11) is 0. The molecule has 0 heterocycles. The summed E-state index contributed by atoms with van der Waals surface area (Å²) in [6.45, 7) is 0. The Morgan fingerprint density at radius 1 is 0.312 bits per heavy atom. The van der Waals surface area contributed by atoms with Gasteiger partial charge in [-0.1, -0.05) is 133 Å². The van der Waals surface area contributed by atoms with Crippen LogP contribution in [0.2, 0.25) is 0 Å².